The Labute approximate surface area is 157 Å². The number of rotatable bonds is 6. The lowest BCUT2D eigenvalue weighted by Gasteiger charge is -2.38. The smallest absolute Gasteiger partial charge is 0.260 e. The van der Waals surface area contributed by atoms with Gasteiger partial charge >= 0.3 is 0 Å². The van der Waals surface area contributed by atoms with E-state index in [1.807, 2.05) is 17.9 Å². The van der Waals surface area contributed by atoms with Crippen LogP contribution in [0.5, 0.6) is 5.75 Å². The molecule has 0 aromatic heterocycles. The molecule has 0 aliphatic carbocycles. The van der Waals surface area contributed by atoms with Gasteiger partial charge in [0.15, 0.2) is 6.61 Å². The zero-order chi connectivity index (χ0) is 19.3. The second-order valence-corrected chi connectivity index (χ2v) is 7.72. The van der Waals surface area contributed by atoms with Crippen LogP contribution in [0.2, 0.25) is 0 Å². The predicted octanol–water partition coefficient (Wildman–Crippen LogP) is 3.19. The minimum atomic E-state index is -0.0793. The predicted molar refractivity (Wildman–Crippen MR) is 103 cm³/mol. The maximum atomic E-state index is 12.5. The Bertz CT molecular complexity index is 656. The highest BCUT2D eigenvalue weighted by atomic mass is 16.5. The summed E-state index contributed by atoms with van der Waals surface area (Å²) in [6.07, 6.45) is 0. The van der Waals surface area contributed by atoms with Crippen molar-refractivity contribution in [1.29, 1.82) is 5.26 Å². The Morgan fingerprint density at radius 3 is 2.38 bits per heavy atom. The van der Waals surface area contributed by atoms with Crippen molar-refractivity contribution in [3.05, 3.63) is 29.3 Å². The lowest BCUT2D eigenvalue weighted by atomic mass is 10.0. The molecule has 0 N–H and O–H groups in total. The molecule has 5 nitrogen and oxygen atoms in total. The third-order valence-electron chi connectivity index (χ3n) is 4.97. The molecule has 142 valence electrons. The third kappa shape index (κ3) is 4.98. The van der Waals surface area contributed by atoms with Crippen molar-refractivity contribution < 1.29 is 9.53 Å². The SMILES string of the molecule is Cc1ccc(C(C)C)c(OCC(=O)N2CCN(C(C#N)C(C)C)CC2)c1. The van der Waals surface area contributed by atoms with E-state index >= 15 is 0 Å². The van der Waals surface area contributed by atoms with E-state index < -0.39 is 0 Å². The van der Waals surface area contributed by atoms with Gasteiger partial charge in [0.05, 0.1) is 6.07 Å². The van der Waals surface area contributed by atoms with Crippen LogP contribution in [0, 0.1) is 24.2 Å². The molecule has 0 spiro atoms. The minimum absolute atomic E-state index is 0.0129. The number of benzene rings is 1. The minimum Gasteiger partial charge on any atom is -0.483 e. The van der Waals surface area contributed by atoms with Gasteiger partial charge in [-0.25, -0.2) is 0 Å². The Morgan fingerprint density at radius 2 is 1.85 bits per heavy atom. The molecule has 0 bridgehead atoms. The van der Waals surface area contributed by atoms with Crippen LogP contribution in [0.3, 0.4) is 0 Å². The molecule has 2 rings (SSSR count). The number of hydrogen-bond donors (Lipinski definition) is 0. The second-order valence-electron chi connectivity index (χ2n) is 7.72. The standard InChI is InChI=1S/C21H31N3O2/c1-15(2)18-7-6-17(5)12-20(18)26-14-21(25)24-10-8-23(9-11-24)19(13-22)16(3)4/h6-7,12,15-16,19H,8-11,14H2,1-5H3. The summed E-state index contributed by atoms with van der Waals surface area (Å²) in [5.41, 5.74) is 2.25. The van der Waals surface area contributed by atoms with E-state index in [1.165, 1.54) is 0 Å². The molecule has 1 aromatic carbocycles. The molecule has 1 amide bonds. The molecule has 0 radical (unpaired) electrons. The number of carbonyl (C=O) groups is 1. The average Bonchev–Trinajstić information content (AvgIpc) is 2.60. The van der Waals surface area contributed by atoms with Gasteiger partial charge < -0.3 is 9.64 Å². The normalized spacial score (nSPS) is 16.6. The summed E-state index contributed by atoms with van der Waals surface area (Å²) in [7, 11) is 0. The van der Waals surface area contributed by atoms with E-state index in [-0.39, 0.29) is 18.6 Å². The van der Waals surface area contributed by atoms with Crippen LogP contribution < -0.4 is 4.74 Å². The van der Waals surface area contributed by atoms with Crippen molar-refractivity contribution >= 4 is 5.91 Å². The molecule has 1 fully saturated rings. The van der Waals surface area contributed by atoms with Gasteiger partial charge in [-0.05, 0) is 36.0 Å². The largest absolute Gasteiger partial charge is 0.483 e. The lowest BCUT2D eigenvalue weighted by molar-refractivity contribution is -0.135. The van der Waals surface area contributed by atoms with Gasteiger partial charge in [-0.1, -0.05) is 39.8 Å². The molecule has 26 heavy (non-hydrogen) atoms. The fourth-order valence-corrected chi connectivity index (χ4v) is 3.38. The molecule has 1 aliphatic rings. The highest BCUT2D eigenvalue weighted by Gasteiger charge is 2.27. The van der Waals surface area contributed by atoms with Gasteiger partial charge in [-0.3, -0.25) is 9.69 Å². The molecule has 1 heterocycles. The Kier molecular flexibility index (Phi) is 7.05. The third-order valence-corrected chi connectivity index (χ3v) is 4.97. The summed E-state index contributed by atoms with van der Waals surface area (Å²) < 4.78 is 5.87. The Morgan fingerprint density at radius 1 is 1.19 bits per heavy atom. The van der Waals surface area contributed by atoms with E-state index in [0.29, 0.717) is 24.9 Å². The van der Waals surface area contributed by atoms with Crippen molar-refractivity contribution in [3.8, 4) is 11.8 Å². The molecular formula is C21H31N3O2. The van der Waals surface area contributed by atoms with Crippen molar-refractivity contribution in [3.63, 3.8) is 0 Å². The summed E-state index contributed by atoms with van der Waals surface area (Å²) in [4.78, 5) is 16.6. The van der Waals surface area contributed by atoms with Crippen molar-refractivity contribution in [1.82, 2.24) is 9.80 Å². The van der Waals surface area contributed by atoms with E-state index in [0.717, 1.165) is 30.0 Å². The second kappa shape index (κ2) is 9.05. The molecular weight excluding hydrogens is 326 g/mol. The highest BCUT2D eigenvalue weighted by Crippen LogP contribution is 2.27. The first-order valence-corrected chi connectivity index (χ1v) is 9.48. The van der Waals surface area contributed by atoms with E-state index in [9.17, 15) is 10.1 Å². The maximum Gasteiger partial charge on any atom is 0.260 e. The number of hydrogen-bond acceptors (Lipinski definition) is 4. The molecule has 1 aliphatic heterocycles. The quantitative estimate of drug-likeness (QED) is 0.784. The number of ether oxygens (including phenoxy) is 1. The van der Waals surface area contributed by atoms with E-state index in [1.54, 1.807) is 0 Å². The number of carbonyl (C=O) groups excluding carboxylic acids is 1. The van der Waals surface area contributed by atoms with Crippen LogP contribution in [0.15, 0.2) is 18.2 Å². The average molecular weight is 357 g/mol. The zero-order valence-electron chi connectivity index (χ0n) is 16.7. The first kappa shape index (κ1) is 20.3. The Balaban J connectivity index is 1.91. The first-order chi connectivity index (χ1) is 12.3. The van der Waals surface area contributed by atoms with Crippen LogP contribution in [0.25, 0.3) is 0 Å². The van der Waals surface area contributed by atoms with Gasteiger partial charge in [-0.15, -0.1) is 0 Å². The lowest BCUT2D eigenvalue weighted by Crippen LogP contribution is -2.53. The van der Waals surface area contributed by atoms with Crippen molar-refractivity contribution in [2.24, 2.45) is 5.92 Å². The van der Waals surface area contributed by atoms with Gasteiger partial charge in [0.25, 0.3) is 5.91 Å². The summed E-state index contributed by atoms with van der Waals surface area (Å²) >= 11 is 0. The van der Waals surface area contributed by atoms with E-state index in [4.69, 9.17) is 4.74 Å². The van der Waals surface area contributed by atoms with Gasteiger partial charge in [0.1, 0.15) is 11.8 Å². The number of aryl methyl sites for hydroxylation is 1. The van der Waals surface area contributed by atoms with Crippen LogP contribution >= 0.6 is 0 Å². The molecule has 5 heteroatoms. The fraction of sp³-hybridized carbons (Fsp3) is 0.619. The van der Waals surface area contributed by atoms with Gasteiger partial charge in [0.2, 0.25) is 0 Å². The van der Waals surface area contributed by atoms with Gasteiger partial charge in [0, 0.05) is 26.2 Å². The summed E-state index contributed by atoms with van der Waals surface area (Å²) in [6, 6.07) is 8.45. The monoisotopic (exact) mass is 357 g/mol. The summed E-state index contributed by atoms with van der Waals surface area (Å²) in [5.74, 6) is 1.46. The van der Waals surface area contributed by atoms with Crippen LogP contribution in [-0.4, -0.2) is 54.5 Å². The number of amides is 1. The Hall–Kier alpha value is -2.06. The first-order valence-electron chi connectivity index (χ1n) is 9.48. The van der Waals surface area contributed by atoms with Crippen LogP contribution in [0.1, 0.15) is 44.7 Å². The van der Waals surface area contributed by atoms with E-state index in [2.05, 4.69) is 50.8 Å². The summed E-state index contributed by atoms with van der Waals surface area (Å²) in [5, 5.41) is 9.33. The zero-order valence-corrected chi connectivity index (χ0v) is 16.7. The molecule has 0 saturated carbocycles. The van der Waals surface area contributed by atoms with Crippen LogP contribution in [0.4, 0.5) is 0 Å². The maximum absolute atomic E-state index is 12.5. The molecule has 1 aromatic rings. The topological polar surface area (TPSA) is 56.6 Å². The van der Waals surface area contributed by atoms with Crippen molar-refractivity contribution in [2.45, 2.75) is 46.6 Å². The summed E-state index contributed by atoms with van der Waals surface area (Å²) in [6.45, 7) is 13.2. The number of piperazine rings is 1. The molecule has 1 saturated heterocycles. The van der Waals surface area contributed by atoms with Crippen molar-refractivity contribution in [2.75, 3.05) is 32.8 Å². The van der Waals surface area contributed by atoms with Crippen LogP contribution in [-0.2, 0) is 4.79 Å². The fourth-order valence-electron chi connectivity index (χ4n) is 3.38. The number of nitrogens with zero attached hydrogens (tertiary/aromatic N) is 3. The molecule has 1 unspecified atom stereocenters. The highest BCUT2D eigenvalue weighted by molar-refractivity contribution is 5.78. The molecule has 1 atom stereocenters. The number of nitriles is 1. The van der Waals surface area contributed by atoms with Gasteiger partial charge in [-0.2, -0.15) is 5.26 Å².